The molecule has 16 heavy (non-hydrogen) atoms. The molecule has 1 N–H and O–H groups in total. The SMILES string of the molecule is CC(C)(CO)c1c(F)ccc([N+](=O)[O-])c1F. The van der Waals surface area contributed by atoms with Gasteiger partial charge in [0, 0.05) is 17.0 Å². The third-order valence-corrected chi connectivity index (χ3v) is 2.34. The summed E-state index contributed by atoms with van der Waals surface area (Å²) in [4.78, 5) is 9.56. The van der Waals surface area contributed by atoms with E-state index < -0.39 is 39.8 Å². The summed E-state index contributed by atoms with van der Waals surface area (Å²) in [5.41, 5.74) is -2.47. The quantitative estimate of drug-likeness (QED) is 0.640. The topological polar surface area (TPSA) is 63.4 Å². The maximum Gasteiger partial charge on any atom is 0.305 e. The molecule has 1 aromatic rings. The average molecular weight is 231 g/mol. The molecule has 0 fully saturated rings. The summed E-state index contributed by atoms with van der Waals surface area (Å²) in [5.74, 6) is -2.13. The van der Waals surface area contributed by atoms with Gasteiger partial charge in [0.2, 0.25) is 5.82 Å². The summed E-state index contributed by atoms with van der Waals surface area (Å²) in [6, 6.07) is 1.59. The van der Waals surface area contributed by atoms with Gasteiger partial charge in [-0.05, 0) is 6.07 Å². The first-order chi connectivity index (χ1) is 7.31. The zero-order valence-electron chi connectivity index (χ0n) is 8.83. The number of halogens is 2. The van der Waals surface area contributed by atoms with Crippen molar-refractivity contribution < 1.29 is 18.8 Å². The third kappa shape index (κ3) is 2.01. The summed E-state index contributed by atoms with van der Waals surface area (Å²) in [6.45, 7) is 2.29. The molecule has 1 rings (SSSR count). The molecule has 0 radical (unpaired) electrons. The predicted octanol–water partition coefficient (Wildman–Crippen LogP) is 2.14. The van der Waals surface area contributed by atoms with Crippen molar-refractivity contribution in [2.75, 3.05) is 6.61 Å². The Labute approximate surface area is 90.7 Å². The molecule has 88 valence electrons. The molecule has 6 heteroatoms. The number of nitrogens with zero attached hydrogens (tertiary/aromatic N) is 1. The fourth-order valence-corrected chi connectivity index (χ4v) is 1.38. The minimum atomic E-state index is -1.23. The van der Waals surface area contributed by atoms with Crippen LogP contribution in [0.15, 0.2) is 12.1 Å². The van der Waals surface area contributed by atoms with Gasteiger partial charge in [-0.15, -0.1) is 0 Å². The van der Waals surface area contributed by atoms with Crippen molar-refractivity contribution in [1.82, 2.24) is 0 Å². The Morgan fingerprint density at radius 3 is 2.44 bits per heavy atom. The van der Waals surface area contributed by atoms with Crippen LogP contribution in [0.3, 0.4) is 0 Å². The number of aliphatic hydroxyl groups excluding tert-OH is 1. The standard InChI is InChI=1S/C10H11F2NO3/c1-10(2,5-14)8-6(11)3-4-7(9(8)12)13(15)16/h3-4,14H,5H2,1-2H3. The van der Waals surface area contributed by atoms with Crippen LogP contribution in [0.4, 0.5) is 14.5 Å². The Hall–Kier alpha value is -1.56. The van der Waals surface area contributed by atoms with Crippen molar-refractivity contribution in [3.05, 3.63) is 39.4 Å². The lowest BCUT2D eigenvalue weighted by Crippen LogP contribution is -2.25. The van der Waals surface area contributed by atoms with E-state index in [1.807, 2.05) is 0 Å². The first-order valence-electron chi connectivity index (χ1n) is 4.55. The van der Waals surface area contributed by atoms with Crippen molar-refractivity contribution in [2.45, 2.75) is 19.3 Å². The molecule has 0 aliphatic rings. The van der Waals surface area contributed by atoms with Gasteiger partial charge in [0.1, 0.15) is 5.82 Å². The molecule has 0 saturated carbocycles. The zero-order chi connectivity index (χ0) is 12.5. The van der Waals surface area contributed by atoms with E-state index in [1.54, 1.807) is 0 Å². The number of benzene rings is 1. The Kier molecular flexibility index (Phi) is 3.23. The molecule has 0 atom stereocenters. The summed E-state index contributed by atoms with van der Waals surface area (Å²) in [6.07, 6.45) is 0. The highest BCUT2D eigenvalue weighted by atomic mass is 19.1. The fourth-order valence-electron chi connectivity index (χ4n) is 1.38. The van der Waals surface area contributed by atoms with Crippen LogP contribution in [0.2, 0.25) is 0 Å². The number of hydrogen-bond acceptors (Lipinski definition) is 3. The number of aliphatic hydroxyl groups is 1. The summed E-state index contributed by atoms with van der Waals surface area (Å²) in [5, 5.41) is 19.5. The molecule has 0 bridgehead atoms. The first kappa shape index (κ1) is 12.5. The van der Waals surface area contributed by atoms with Gasteiger partial charge in [-0.3, -0.25) is 10.1 Å². The monoisotopic (exact) mass is 231 g/mol. The molecular formula is C10H11F2NO3. The smallest absolute Gasteiger partial charge is 0.305 e. The van der Waals surface area contributed by atoms with Crippen molar-refractivity contribution >= 4 is 5.69 Å². The molecule has 0 amide bonds. The van der Waals surface area contributed by atoms with Crippen LogP contribution in [0.25, 0.3) is 0 Å². The Bertz CT molecular complexity index is 432. The molecule has 0 unspecified atom stereocenters. The van der Waals surface area contributed by atoms with Gasteiger partial charge < -0.3 is 5.11 Å². The van der Waals surface area contributed by atoms with Gasteiger partial charge in [0.15, 0.2) is 0 Å². The zero-order valence-corrected chi connectivity index (χ0v) is 8.83. The van der Waals surface area contributed by atoms with Gasteiger partial charge in [0.05, 0.1) is 11.5 Å². The summed E-state index contributed by atoms with van der Waals surface area (Å²) < 4.78 is 27.1. The van der Waals surface area contributed by atoms with Crippen LogP contribution in [-0.2, 0) is 5.41 Å². The Balaban J connectivity index is 3.49. The molecule has 0 aliphatic carbocycles. The maximum absolute atomic E-state index is 13.7. The second kappa shape index (κ2) is 4.13. The van der Waals surface area contributed by atoms with Crippen LogP contribution in [0, 0.1) is 21.7 Å². The summed E-state index contributed by atoms with van der Waals surface area (Å²) in [7, 11) is 0. The second-order valence-corrected chi connectivity index (χ2v) is 4.05. The largest absolute Gasteiger partial charge is 0.395 e. The Morgan fingerprint density at radius 2 is 2.00 bits per heavy atom. The average Bonchev–Trinajstić information content (AvgIpc) is 2.16. The highest BCUT2D eigenvalue weighted by Gasteiger charge is 2.32. The van der Waals surface area contributed by atoms with Crippen LogP contribution in [0.1, 0.15) is 19.4 Å². The lowest BCUT2D eigenvalue weighted by Gasteiger charge is -2.22. The van der Waals surface area contributed by atoms with Crippen LogP contribution in [-0.4, -0.2) is 16.6 Å². The Morgan fingerprint density at radius 1 is 1.44 bits per heavy atom. The van der Waals surface area contributed by atoms with E-state index in [0.717, 1.165) is 12.1 Å². The molecule has 0 aromatic heterocycles. The van der Waals surface area contributed by atoms with Crippen molar-refractivity contribution in [3.63, 3.8) is 0 Å². The van der Waals surface area contributed by atoms with E-state index in [4.69, 9.17) is 5.11 Å². The van der Waals surface area contributed by atoms with E-state index in [-0.39, 0.29) is 0 Å². The third-order valence-electron chi connectivity index (χ3n) is 2.34. The number of nitro groups is 1. The van der Waals surface area contributed by atoms with Crippen molar-refractivity contribution in [2.24, 2.45) is 0 Å². The minimum absolute atomic E-state index is 0.468. The lowest BCUT2D eigenvalue weighted by molar-refractivity contribution is -0.387. The van der Waals surface area contributed by atoms with E-state index >= 15 is 0 Å². The highest BCUT2D eigenvalue weighted by molar-refractivity contribution is 5.41. The molecule has 0 heterocycles. The van der Waals surface area contributed by atoms with Crippen molar-refractivity contribution in [3.8, 4) is 0 Å². The normalized spacial score (nSPS) is 11.6. The molecule has 0 saturated heterocycles. The van der Waals surface area contributed by atoms with Crippen LogP contribution < -0.4 is 0 Å². The van der Waals surface area contributed by atoms with E-state index in [1.165, 1.54) is 13.8 Å². The molecule has 4 nitrogen and oxygen atoms in total. The van der Waals surface area contributed by atoms with Crippen LogP contribution >= 0.6 is 0 Å². The van der Waals surface area contributed by atoms with E-state index in [0.29, 0.717) is 0 Å². The van der Waals surface area contributed by atoms with Gasteiger partial charge in [-0.1, -0.05) is 13.8 Å². The number of rotatable bonds is 3. The predicted molar refractivity (Wildman–Crippen MR) is 53.1 cm³/mol. The van der Waals surface area contributed by atoms with Gasteiger partial charge in [0.25, 0.3) is 0 Å². The van der Waals surface area contributed by atoms with E-state index in [2.05, 4.69) is 0 Å². The summed E-state index contributed by atoms with van der Waals surface area (Å²) >= 11 is 0. The molecule has 0 spiro atoms. The first-order valence-corrected chi connectivity index (χ1v) is 4.55. The number of nitro benzene ring substituents is 1. The van der Waals surface area contributed by atoms with E-state index in [9.17, 15) is 18.9 Å². The second-order valence-electron chi connectivity index (χ2n) is 4.05. The van der Waals surface area contributed by atoms with Gasteiger partial charge in [-0.2, -0.15) is 4.39 Å². The minimum Gasteiger partial charge on any atom is -0.395 e. The van der Waals surface area contributed by atoms with Gasteiger partial charge >= 0.3 is 5.69 Å². The van der Waals surface area contributed by atoms with Gasteiger partial charge in [-0.25, -0.2) is 4.39 Å². The highest BCUT2D eigenvalue weighted by Crippen LogP contribution is 2.32. The molecule has 1 aromatic carbocycles. The lowest BCUT2D eigenvalue weighted by atomic mass is 9.84. The fraction of sp³-hybridized carbons (Fsp3) is 0.400. The molecular weight excluding hydrogens is 220 g/mol. The van der Waals surface area contributed by atoms with Crippen molar-refractivity contribution in [1.29, 1.82) is 0 Å². The number of hydrogen-bond donors (Lipinski definition) is 1. The molecule has 0 aliphatic heterocycles. The van der Waals surface area contributed by atoms with Crippen LogP contribution in [0.5, 0.6) is 0 Å². The maximum atomic E-state index is 13.7.